The summed E-state index contributed by atoms with van der Waals surface area (Å²) in [6.07, 6.45) is 2.22. The molecule has 3 aliphatic rings. The minimum atomic E-state index is -4.00. The fourth-order valence-electron chi connectivity index (χ4n) is 4.24. The molecule has 0 aliphatic carbocycles. The Kier molecular flexibility index (Phi) is 4.73. The van der Waals surface area contributed by atoms with Crippen molar-refractivity contribution in [1.82, 2.24) is 14.9 Å². The second-order valence-electron chi connectivity index (χ2n) is 9.00. The van der Waals surface area contributed by atoms with Gasteiger partial charge in [0.2, 0.25) is 10.0 Å². The number of primary sulfonamides is 1. The molecule has 32 heavy (non-hydrogen) atoms. The van der Waals surface area contributed by atoms with Crippen LogP contribution in [0, 0.1) is 0 Å². The lowest BCUT2D eigenvalue weighted by Crippen LogP contribution is -2.70. The van der Waals surface area contributed by atoms with Gasteiger partial charge in [-0.15, -0.1) is 11.3 Å². The normalized spacial score (nSPS) is 21.0. The number of ether oxygens (including phenoxy) is 1. The molecule has 170 valence electrons. The largest absolute Gasteiger partial charge is 0.444 e. The molecule has 0 radical (unpaired) electrons. The summed E-state index contributed by atoms with van der Waals surface area (Å²) in [6.45, 7) is 6.55. The van der Waals surface area contributed by atoms with E-state index in [2.05, 4.69) is 9.97 Å². The number of nitrogens with two attached hydrogens (primary N) is 1. The van der Waals surface area contributed by atoms with Gasteiger partial charge in [-0.1, -0.05) is 0 Å². The van der Waals surface area contributed by atoms with Crippen molar-refractivity contribution < 1.29 is 22.4 Å². The van der Waals surface area contributed by atoms with Gasteiger partial charge in [-0.2, -0.15) is 4.98 Å². The minimum Gasteiger partial charge on any atom is -0.444 e. The number of carbonyl (C=O) groups is 1. The Morgan fingerprint density at radius 1 is 1.28 bits per heavy atom. The number of aromatic nitrogens is 2. The van der Waals surface area contributed by atoms with Crippen LogP contribution in [0.1, 0.15) is 27.2 Å². The summed E-state index contributed by atoms with van der Waals surface area (Å²) < 4.78 is 35.9. The maximum Gasteiger partial charge on any atom is 0.410 e. The van der Waals surface area contributed by atoms with Gasteiger partial charge in [-0.25, -0.2) is 23.3 Å². The Morgan fingerprint density at radius 2 is 2.00 bits per heavy atom. The predicted molar refractivity (Wildman–Crippen MR) is 119 cm³/mol. The van der Waals surface area contributed by atoms with Crippen molar-refractivity contribution in [2.45, 2.75) is 49.8 Å². The zero-order valence-corrected chi connectivity index (χ0v) is 19.4. The van der Waals surface area contributed by atoms with Crippen molar-refractivity contribution in [2.24, 2.45) is 5.14 Å². The molecule has 1 aromatic carbocycles. The van der Waals surface area contributed by atoms with Crippen LogP contribution in [0.5, 0.6) is 0 Å². The summed E-state index contributed by atoms with van der Waals surface area (Å²) in [7, 11) is -4.00. The minimum absolute atomic E-state index is 0.0187. The van der Waals surface area contributed by atoms with Gasteiger partial charge in [-0.3, -0.25) is 4.90 Å². The number of amides is 1. The summed E-state index contributed by atoms with van der Waals surface area (Å²) >= 11 is 1.41. The standard InChI is InChI=1S/C20H23N5O5S2/c1-20(2,3)30-19(26)25-11-8-12(25)10-24(9-11)18-23-15-14(32(21,27)28)5-4-13(16(15)29-18)17-22-6-7-31-17/h4-7,11-12H,8-10H2,1-3H3,(H2,21,27,28). The highest BCUT2D eigenvalue weighted by atomic mass is 32.2. The van der Waals surface area contributed by atoms with E-state index >= 15 is 0 Å². The van der Waals surface area contributed by atoms with Gasteiger partial charge in [0.15, 0.2) is 5.58 Å². The fraction of sp³-hybridized carbons (Fsp3) is 0.450. The second-order valence-corrected chi connectivity index (χ2v) is 11.4. The van der Waals surface area contributed by atoms with Gasteiger partial charge in [0.25, 0.3) is 6.01 Å². The van der Waals surface area contributed by atoms with Crippen LogP contribution in [0.3, 0.4) is 0 Å². The lowest BCUT2D eigenvalue weighted by molar-refractivity contribution is -0.0386. The van der Waals surface area contributed by atoms with E-state index in [0.29, 0.717) is 35.3 Å². The molecule has 3 saturated heterocycles. The number of oxazole rings is 1. The van der Waals surface area contributed by atoms with Crippen molar-refractivity contribution in [3.63, 3.8) is 0 Å². The van der Waals surface area contributed by atoms with E-state index in [9.17, 15) is 13.2 Å². The van der Waals surface area contributed by atoms with Crippen molar-refractivity contribution in [3.8, 4) is 10.6 Å². The molecule has 5 heterocycles. The highest BCUT2D eigenvalue weighted by Gasteiger charge is 2.49. The lowest BCUT2D eigenvalue weighted by atomic mass is 9.88. The van der Waals surface area contributed by atoms with Crippen LogP contribution in [0.4, 0.5) is 10.8 Å². The summed E-state index contributed by atoms with van der Waals surface area (Å²) in [5, 5.41) is 7.94. The van der Waals surface area contributed by atoms with E-state index in [0.717, 1.165) is 6.42 Å². The second kappa shape index (κ2) is 7.15. The average molecular weight is 478 g/mol. The molecule has 2 atom stereocenters. The molecule has 3 aromatic rings. The van der Waals surface area contributed by atoms with E-state index in [1.54, 1.807) is 17.2 Å². The number of thiazole rings is 1. The Bertz CT molecular complexity index is 1280. The van der Waals surface area contributed by atoms with Gasteiger partial charge in [0.05, 0.1) is 17.6 Å². The third-order valence-corrected chi connectivity index (χ3v) is 7.28. The summed E-state index contributed by atoms with van der Waals surface area (Å²) in [5.74, 6) is 0. The van der Waals surface area contributed by atoms with Crippen molar-refractivity contribution in [1.29, 1.82) is 0 Å². The molecule has 0 saturated carbocycles. The monoisotopic (exact) mass is 477 g/mol. The van der Waals surface area contributed by atoms with Gasteiger partial charge in [-0.05, 0) is 39.3 Å². The van der Waals surface area contributed by atoms with E-state index in [-0.39, 0.29) is 28.6 Å². The quantitative estimate of drug-likeness (QED) is 0.609. The van der Waals surface area contributed by atoms with Crippen LogP contribution in [0.2, 0.25) is 0 Å². The first-order valence-electron chi connectivity index (χ1n) is 10.1. The SMILES string of the molecule is CC(C)(C)OC(=O)N1C2CC1CN(c1nc3c(S(N)(=O)=O)ccc(-c4nccs4)c3o1)C2. The number of sulfonamides is 1. The van der Waals surface area contributed by atoms with Crippen molar-refractivity contribution in [2.75, 3.05) is 18.0 Å². The number of hydrogen-bond acceptors (Lipinski definition) is 9. The molecule has 12 heteroatoms. The highest BCUT2D eigenvalue weighted by molar-refractivity contribution is 7.89. The molecular formula is C20H23N5O5S2. The molecule has 3 fully saturated rings. The number of benzene rings is 1. The molecule has 2 unspecified atom stereocenters. The van der Waals surface area contributed by atoms with Crippen LogP contribution < -0.4 is 10.0 Å². The van der Waals surface area contributed by atoms with Gasteiger partial charge in [0, 0.05) is 24.7 Å². The van der Waals surface area contributed by atoms with E-state index in [4.69, 9.17) is 14.3 Å². The first-order valence-corrected chi connectivity index (χ1v) is 12.6. The number of carbonyl (C=O) groups excluding carboxylic acids is 1. The number of rotatable bonds is 3. The maximum absolute atomic E-state index is 12.5. The van der Waals surface area contributed by atoms with Crippen LogP contribution in [-0.4, -0.2) is 60.2 Å². The van der Waals surface area contributed by atoms with E-state index in [1.165, 1.54) is 17.4 Å². The molecule has 2 N–H and O–H groups in total. The number of piperazine rings is 1. The smallest absolute Gasteiger partial charge is 0.410 e. The Morgan fingerprint density at radius 3 is 2.59 bits per heavy atom. The number of nitrogens with zero attached hydrogens (tertiary/aromatic N) is 4. The molecular weight excluding hydrogens is 454 g/mol. The van der Waals surface area contributed by atoms with Crippen LogP contribution >= 0.6 is 11.3 Å². The Balaban J connectivity index is 1.48. The van der Waals surface area contributed by atoms with E-state index in [1.807, 2.05) is 31.1 Å². The highest BCUT2D eigenvalue weighted by Crippen LogP contribution is 2.39. The molecule has 2 aromatic heterocycles. The Hall–Kier alpha value is -2.70. The molecule has 6 rings (SSSR count). The third kappa shape index (κ3) is 3.61. The zero-order chi connectivity index (χ0) is 22.8. The fourth-order valence-corrected chi connectivity index (χ4v) is 5.57. The number of hydrogen-bond donors (Lipinski definition) is 1. The number of fused-ring (bicyclic) bond motifs is 3. The van der Waals surface area contributed by atoms with Gasteiger partial charge >= 0.3 is 6.09 Å². The van der Waals surface area contributed by atoms with Crippen LogP contribution in [0.25, 0.3) is 21.7 Å². The molecule has 0 spiro atoms. The average Bonchev–Trinajstić information content (AvgIpc) is 3.35. The number of anilines is 1. The third-order valence-electron chi connectivity index (χ3n) is 5.53. The summed E-state index contributed by atoms with van der Waals surface area (Å²) in [6, 6.07) is 3.32. The van der Waals surface area contributed by atoms with Crippen molar-refractivity contribution >= 4 is 44.6 Å². The molecule has 10 nitrogen and oxygen atoms in total. The first kappa shape index (κ1) is 21.2. The van der Waals surface area contributed by atoms with Gasteiger partial charge in [0.1, 0.15) is 21.0 Å². The first-order chi connectivity index (χ1) is 15.0. The molecule has 2 bridgehead atoms. The van der Waals surface area contributed by atoms with Crippen LogP contribution in [0.15, 0.2) is 33.0 Å². The molecule has 3 aliphatic heterocycles. The Labute approximate surface area is 189 Å². The number of piperidine rings is 1. The summed E-state index contributed by atoms with van der Waals surface area (Å²) in [4.78, 5) is 24.9. The zero-order valence-electron chi connectivity index (χ0n) is 17.8. The maximum atomic E-state index is 12.5. The van der Waals surface area contributed by atoms with E-state index < -0.39 is 15.6 Å². The predicted octanol–water partition coefficient (Wildman–Crippen LogP) is 2.80. The lowest BCUT2D eigenvalue weighted by Gasteiger charge is -2.55. The van der Waals surface area contributed by atoms with Gasteiger partial charge < -0.3 is 14.1 Å². The molecule has 1 amide bonds. The van der Waals surface area contributed by atoms with Crippen LogP contribution in [-0.2, 0) is 14.8 Å². The summed E-state index contributed by atoms with van der Waals surface area (Å²) in [5.41, 5.74) is 0.596. The van der Waals surface area contributed by atoms with Crippen molar-refractivity contribution in [3.05, 3.63) is 23.7 Å². The topological polar surface area (TPSA) is 132 Å².